The molecule has 0 aromatic rings. The van der Waals surface area contributed by atoms with Crippen LogP contribution >= 0.6 is 11.6 Å². The Hall–Kier alpha value is 0.180. The zero-order valence-electron chi connectivity index (χ0n) is 6.02. The standard InChI is InChI=1S/C7H13ClFN/c8-6-7-2-1-4-10(7)5-3-9/h7H,1-6H2. The van der Waals surface area contributed by atoms with Crippen molar-refractivity contribution in [3.8, 4) is 0 Å². The summed E-state index contributed by atoms with van der Waals surface area (Å²) in [5.74, 6) is 0.653. The van der Waals surface area contributed by atoms with Crippen molar-refractivity contribution < 1.29 is 4.39 Å². The molecule has 1 saturated heterocycles. The second kappa shape index (κ2) is 4.14. The van der Waals surface area contributed by atoms with Crippen molar-refractivity contribution in [2.45, 2.75) is 18.9 Å². The fourth-order valence-electron chi connectivity index (χ4n) is 1.47. The summed E-state index contributed by atoms with van der Waals surface area (Å²) in [4.78, 5) is 2.13. The van der Waals surface area contributed by atoms with Crippen molar-refractivity contribution in [1.82, 2.24) is 4.90 Å². The highest BCUT2D eigenvalue weighted by Gasteiger charge is 2.22. The molecule has 0 N–H and O–H groups in total. The van der Waals surface area contributed by atoms with E-state index in [2.05, 4.69) is 4.90 Å². The van der Waals surface area contributed by atoms with Crippen LogP contribution in [-0.2, 0) is 0 Å². The molecule has 1 fully saturated rings. The molecule has 3 heteroatoms. The molecule has 0 spiro atoms. The third-order valence-corrected chi connectivity index (χ3v) is 2.41. The highest BCUT2D eigenvalue weighted by atomic mass is 35.5. The van der Waals surface area contributed by atoms with Crippen LogP contribution in [0.1, 0.15) is 12.8 Å². The Kier molecular flexibility index (Phi) is 3.43. The van der Waals surface area contributed by atoms with Gasteiger partial charge in [-0.15, -0.1) is 11.6 Å². The van der Waals surface area contributed by atoms with Gasteiger partial charge in [-0.25, -0.2) is 4.39 Å². The number of alkyl halides is 2. The second-order valence-corrected chi connectivity index (χ2v) is 2.98. The first-order valence-corrected chi connectivity index (χ1v) is 4.28. The van der Waals surface area contributed by atoms with Gasteiger partial charge in [-0.3, -0.25) is 4.90 Å². The van der Waals surface area contributed by atoms with Crippen LogP contribution in [0, 0.1) is 0 Å². The lowest BCUT2D eigenvalue weighted by Crippen LogP contribution is -2.32. The lowest BCUT2D eigenvalue weighted by molar-refractivity contribution is 0.245. The molecule has 1 aliphatic heterocycles. The van der Waals surface area contributed by atoms with Crippen LogP contribution in [-0.4, -0.2) is 36.6 Å². The van der Waals surface area contributed by atoms with E-state index in [-0.39, 0.29) is 6.67 Å². The van der Waals surface area contributed by atoms with E-state index in [0.29, 0.717) is 18.5 Å². The maximum Gasteiger partial charge on any atom is 0.102 e. The number of hydrogen-bond donors (Lipinski definition) is 0. The molecule has 0 saturated carbocycles. The first kappa shape index (κ1) is 8.28. The molecular formula is C7H13ClFN. The van der Waals surface area contributed by atoms with E-state index >= 15 is 0 Å². The molecule has 1 unspecified atom stereocenters. The van der Waals surface area contributed by atoms with Gasteiger partial charge in [0.25, 0.3) is 0 Å². The summed E-state index contributed by atoms with van der Waals surface area (Å²) in [6.45, 7) is 1.35. The molecule has 1 nitrogen and oxygen atoms in total. The fourth-order valence-corrected chi connectivity index (χ4v) is 1.82. The number of halogens is 2. The molecule has 10 heavy (non-hydrogen) atoms. The maximum absolute atomic E-state index is 11.9. The van der Waals surface area contributed by atoms with Gasteiger partial charge in [0.2, 0.25) is 0 Å². The molecule has 0 bridgehead atoms. The van der Waals surface area contributed by atoms with Gasteiger partial charge in [-0.05, 0) is 19.4 Å². The van der Waals surface area contributed by atoms with Gasteiger partial charge in [0.1, 0.15) is 6.67 Å². The summed E-state index contributed by atoms with van der Waals surface area (Å²) in [5, 5.41) is 0. The van der Waals surface area contributed by atoms with E-state index in [1.165, 1.54) is 6.42 Å². The van der Waals surface area contributed by atoms with E-state index in [1.54, 1.807) is 0 Å². The second-order valence-electron chi connectivity index (χ2n) is 2.68. The minimum Gasteiger partial charge on any atom is -0.297 e. The summed E-state index contributed by atoms with van der Waals surface area (Å²) in [7, 11) is 0. The normalized spacial score (nSPS) is 27.6. The van der Waals surface area contributed by atoms with Gasteiger partial charge < -0.3 is 0 Å². The monoisotopic (exact) mass is 165 g/mol. The third-order valence-electron chi connectivity index (χ3n) is 2.05. The van der Waals surface area contributed by atoms with Gasteiger partial charge in [-0.1, -0.05) is 0 Å². The minimum absolute atomic E-state index is 0.243. The van der Waals surface area contributed by atoms with Crippen molar-refractivity contribution in [1.29, 1.82) is 0 Å². The molecule has 0 aromatic carbocycles. The van der Waals surface area contributed by atoms with E-state index in [4.69, 9.17) is 11.6 Å². The summed E-state index contributed by atoms with van der Waals surface area (Å²) in [6.07, 6.45) is 2.32. The average molecular weight is 166 g/mol. The van der Waals surface area contributed by atoms with Crippen molar-refractivity contribution in [3.05, 3.63) is 0 Å². The molecule has 0 radical (unpaired) electrons. The summed E-state index contributed by atoms with van der Waals surface area (Å²) >= 11 is 5.67. The Morgan fingerprint density at radius 3 is 3.00 bits per heavy atom. The average Bonchev–Trinajstić information content (AvgIpc) is 2.36. The SMILES string of the molecule is FCCN1CCCC1CCl. The predicted molar refractivity (Wildman–Crippen MR) is 41.3 cm³/mol. The zero-order valence-corrected chi connectivity index (χ0v) is 6.78. The molecule has 1 aliphatic rings. The van der Waals surface area contributed by atoms with Crippen LogP contribution in [0.25, 0.3) is 0 Å². The van der Waals surface area contributed by atoms with Gasteiger partial charge in [0.15, 0.2) is 0 Å². The largest absolute Gasteiger partial charge is 0.297 e. The van der Waals surface area contributed by atoms with Crippen LogP contribution in [0.2, 0.25) is 0 Å². The van der Waals surface area contributed by atoms with Crippen molar-refractivity contribution in [3.63, 3.8) is 0 Å². The lowest BCUT2D eigenvalue weighted by atomic mass is 10.2. The van der Waals surface area contributed by atoms with E-state index in [0.717, 1.165) is 13.0 Å². The summed E-state index contributed by atoms with van der Waals surface area (Å²) in [5.41, 5.74) is 0. The Bertz CT molecular complexity index is 99.6. The highest BCUT2D eigenvalue weighted by Crippen LogP contribution is 2.17. The maximum atomic E-state index is 11.9. The molecule has 0 aromatic heterocycles. The number of likely N-dealkylation sites (tertiary alicyclic amines) is 1. The quantitative estimate of drug-likeness (QED) is 0.575. The topological polar surface area (TPSA) is 3.24 Å². The first-order valence-electron chi connectivity index (χ1n) is 3.74. The minimum atomic E-state index is -0.243. The number of rotatable bonds is 3. The zero-order chi connectivity index (χ0) is 7.40. The van der Waals surface area contributed by atoms with Gasteiger partial charge in [0.05, 0.1) is 0 Å². The Morgan fingerprint density at radius 1 is 1.60 bits per heavy atom. The van der Waals surface area contributed by atoms with E-state index < -0.39 is 0 Å². The van der Waals surface area contributed by atoms with E-state index in [1.807, 2.05) is 0 Å². The Labute approximate surface area is 66.2 Å². The van der Waals surface area contributed by atoms with Crippen LogP contribution < -0.4 is 0 Å². The van der Waals surface area contributed by atoms with Crippen molar-refractivity contribution >= 4 is 11.6 Å². The van der Waals surface area contributed by atoms with Crippen molar-refractivity contribution in [2.75, 3.05) is 25.6 Å². The third kappa shape index (κ3) is 1.83. The van der Waals surface area contributed by atoms with Crippen LogP contribution in [0.5, 0.6) is 0 Å². The first-order chi connectivity index (χ1) is 4.88. The van der Waals surface area contributed by atoms with E-state index in [9.17, 15) is 4.39 Å². The Morgan fingerprint density at radius 2 is 2.40 bits per heavy atom. The molecule has 0 aliphatic carbocycles. The molecule has 1 atom stereocenters. The molecule has 0 amide bonds. The van der Waals surface area contributed by atoms with Crippen LogP contribution in [0.3, 0.4) is 0 Å². The van der Waals surface area contributed by atoms with Gasteiger partial charge in [0, 0.05) is 18.5 Å². The smallest absolute Gasteiger partial charge is 0.102 e. The number of hydrogen-bond acceptors (Lipinski definition) is 1. The number of nitrogens with zero attached hydrogens (tertiary/aromatic N) is 1. The highest BCUT2D eigenvalue weighted by molar-refractivity contribution is 6.18. The van der Waals surface area contributed by atoms with Gasteiger partial charge >= 0.3 is 0 Å². The molecule has 1 rings (SSSR count). The molecule has 1 heterocycles. The van der Waals surface area contributed by atoms with Crippen LogP contribution in [0.4, 0.5) is 4.39 Å². The van der Waals surface area contributed by atoms with Crippen LogP contribution in [0.15, 0.2) is 0 Å². The molecular weight excluding hydrogens is 153 g/mol. The Balaban J connectivity index is 2.27. The van der Waals surface area contributed by atoms with Crippen molar-refractivity contribution in [2.24, 2.45) is 0 Å². The fraction of sp³-hybridized carbons (Fsp3) is 1.00. The predicted octanol–water partition coefficient (Wildman–Crippen LogP) is 1.66. The van der Waals surface area contributed by atoms with Gasteiger partial charge in [-0.2, -0.15) is 0 Å². The summed E-state index contributed by atoms with van der Waals surface area (Å²) < 4.78 is 11.9. The summed E-state index contributed by atoms with van der Waals surface area (Å²) in [6, 6.07) is 0.442. The lowest BCUT2D eigenvalue weighted by Gasteiger charge is -2.20. The molecule has 60 valence electrons.